The highest BCUT2D eigenvalue weighted by Gasteiger charge is 2.25. The van der Waals surface area contributed by atoms with E-state index in [2.05, 4.69) is 5.32 Å². The van der Waals surface area contributed by atoms with Gasteiger partial charge in [-0.25, -0.2) is 0 Å². The number of benzene rings is 1. The normalized spacial score (nSPS) is 18.9. The minimum Gasteiger partial charge on any atom is -0.494 e. The maximum absolute atomic E-state index is 12.5. The molecule has 0 saturated carbocycles. The lowest BCUT2D eigenvalue weighted by Crippen LogP contribution is -2.45. The molecule has 0 spiro atoms. The summed E-state index contributed by atoms with van der Waals surface area (Å²) in [6.07, 6.45) is 5.91. The first-order valence-corrected chi connectivity index (χ1v) is 10.2. The van der Waals surface area contributed by atoms with E-state index in [4.69, 9.17) is 9.47 Å². The smallest absolute Gasteiger partial charge is 0.224 e. The van der Waals surface area contributed by atoms with Crippen LogP contribution in [-0.2, 0) is 20.7 Å². The van der Waals surface area contributed by atoms with Gasteiger partial charge in [0.1, 0.15) is 12.0 Å². The molecule has 1 aromatic carbocycles. The monoisotopic (exact) mass is 390 g/mol. The Morgan fingerprint density at radius 1 is 1.29 bits per heavy atom. The average molecular weight is 390 g/mol. The Kier molecular flexibility index (Phi) is 7.68. The number of ether oxygens (including phenoxy) is 2. The van der Waals surface area contributed by atoms with Gasteiger partial charge in [-0.1, -0.05) is 0 Å². The zero-order chi connectivity index (χ0) is 19.8. The van der Waals surface area contributed by atoms with Crippen molar-refractivity contribution in [2.45, 2.75) is 57.6 Å². The molecule has 1 saturated heterocycles. The van der Waals surface area contributed by atoms with Gasteiger partial charge in [-0.05, 0) is 62.3 Å². The number of amides is 2. The Morgan fingerprint density at radius 3 is 2.96 bits per heavy atom. The van der Waals surface area contributed by atoms with E-state index in [0.717, 1.165) is 55.5 Å². The van der Waals surface area contributed by atoms with E-state index in [-0.39, 0.29) is 24.6 Å². The van der Waals surface area contributed by atoms with Gasteiger partial charge in [0, 0.05) is 31.7 Å². The summed E-state index contributed by atoms with van der Waals surface area (Å²) in [5.74, 6) is 0.879. The van der Waals surface area contributed by atoms with Crippen LogP contribution in [0.3, 0.4) is 0 Å². The number of nitrogens with zero attached hydrogens (tertiary/aromatic N) is 1. The summed E-state index contributed by atoms with van der Waals surface area (Å²) >= 11 is 0. The first kappa shape index (κ1) is 20.6. The van der Waals surface area contributed by atoms with Crippen LogP contribution in [0, 0.1) is 0 Å². The second-order valence-electron chi connectivity index (χ2n) is 7.30. The van der Waals surface area contributed by atoms with E-state index < -0.39 is 0 Å². The lowest BCUT2D eigenvalue weighted by atomic mass is 10.0. The molecule has 0 bridgehead atoms. The summed E-state index contributed by atoms with van der Waals surface area (Å²) in [4.78, 5) is 25.6. The van der Waals surface area contributed by atoms with Crippen molar-refractivity contribution in [3.05, 3.63) is 23.8 Å². The second kappa shape index (κ2) is 10.4. The average Bonchev–Trinajstić information content (AvgIpc) is 2.72. The summed E-state index contributed by atoms with van der Waals surface area (Å²) in [5.41, 5.74) is 1.96. The molecule has 0 aliphatic carbocycles. The number of carbonyl (C=O) groups excluding carboxylic acids is 2. The van der Waals surface area contributed by atoms with Crippen molar-refractivity contribution in [3.63, 3.8) is 0 Å². The number of hydrogen-bond acceptors (Lipinski definition) is 5. The molecule has 154 valence electrons. The molecule has 1 aromatic rings. The quantitative estimate of drug-likeness (QED) is 0.633. The van der Waals surface area contributed by atoms with Crippen LogP contribution in [0.25, 0.3) is 0 Å². The standard InChI is InChI=1S/C21H30N2O5/c24-12-11-23(21-6-2-4-14-28-21)20(26)5-1-3-13-27-17-8-9-18-16(15-17)7-10-19(25)22-18/h8-9,15,21,24H,1-7,10-14H2,(H,22,25). The van der Waals surface area contributed by atoms with Crippen LogP contribution >= 0.6 is 0 Å². The van der Waals surface area contributed by atoms with Gasteiger partial charge in [0.15, 0.2) is 0 Å². The van der Waals surface area contributed by atoms with Crippen molar-refractivity contribution < 1.29 is 24.2 Å². The first-order chi connectivity index (χ1) is 13.7. The SMILES string of the molecule is O=C1CCc2cc(OCCCCC(=O)N(CCO)C3CCCCO3)ccc2N1. The highest BCUT2D eigenvalue weighted by molar-refractivity contribution is 5.94. The molecular formula is C21H30N2O5. The Hall–Kier alpha value is -2.12. The van der Waals surface area contributed by atoms with Gasteiger partial charge in [-0.2, -0.15) is 0 Å². The number of rotatable bonds is 9. The third-order valence-corrected chi connectivity index (χ3v) is 5.19. The Balaban J connectivity index is 1.39. The van der Waals surface area contributed by atoms with Gasteiger partial charge in [-0.3, -0.25) is 9.59 Å². The molecule has 2 N–H and O–H groups in total. The number of unbranched alkanes of at least 4 members (excludes halogenated alkanes) is 1. The van der Waals surface area contributed by atoms with E-state index >= 15 is 0 Å². The predicted molar refractivity (Wildman–Crippen MR) is 105 cm³/mol. The molecule has 0 radical (unpaired) electrons. The van der Waals surface area contributed by atoms with E-state index in [0.29, 0.717) is 32.6 Å². The van der Waals surface area contributed by atoms with Gasteiger partial charge >= 0.3 is 0 Å². The molecule has 0 aromatic heterocycles. The summed E-state index contributed by atoms with van der Waals surface area (Å²) in [6.45, 7) is 1.50. The molecule has 1 fully saturated rings. The Bertz CT molecular complexity index is 673. The number of anilines is 1. The molecule has 3 rings (SSSR count). The van der Waals surface area contributed by atoms with Crippen molar-refractivity contribution in [1.82, 2.24) is 4.90 Å². The van der Waals surface area contributed by atoms with Crippen LogP contribution in [-0.4, -0.2) is 54.4 Å². The Morgan fingerprint density at radius 2 is 2.18 bits per heavy atom. The summed E-state index contributed by atoms with van der Waals surface area (Å²) in [7, 11) is 0. The molecule has 1 unspecified atom stereocenters. The fourth-order valence-electron chi connectivity index (χ4n) is 3.67. The fourth-order valence-corrected chi connectivity index (χ4v) is 3.67. The van der Waals surface area contributed by atoms with Crippen molar-refractivity contribution in [2.24, 2.45) is 0 Å². The minimum absolute atomic E-state index is 0.0328. The summed E-state index contributed by atoms with van der Waals surface area (Å²) < 4.78 is 11.5. The van der Waals surface area contributed by atoms with Crippen molar-refractivity contribution in [1.29, 1.82) is 0 Å². The lowest BCUT2D eigenvalue weighted by molar-refractivity contribution is -0.152. The van der Waals surface area contributed by atoms with Crippen molar-refractivity contribution >= 4 is 17.5 Å². The lowest BCUT2D eigenvalue weighted by Gasteiger charge is -2.34. The third-order valence-electron chi connectivity index (χ3n) is 5.19. The number of fused-ring (bicyclic) bond motifs is 1. The zero-order valence-corrected chi connectivity index (χ0v) is 16.3. The van der Waals surface area contributed by atoms with Crippen LogP contribution in [0.15, 0.2) is 18.2 Å². The highest BCUT2D eigenvalue weighted by atomic mass is 16.5. The molecule has 2 aliphatic heterocycles. The number of aliphatic hydroxyl groups excluding tert-OH is 1. The van der Waals surface area contributed by atoms with Crippen LogP contribution in [0.1, 0.15) is 50.5 Å². The van der Waals surface area contributed by atoms with Gasteiger partial charge in [0.2, 0.25) is 11.8 Å². The Labute approximate surface area is 166 Å². The maximum Gasteiger partial charge on any atom is 0.224 e. The van der Waals surface area contributed by atoms with Crippen LogP contribution in [0.2, 0.25) is 0 Å². The summed E-state index contributed by atoms with van der Waals surface area (Å²) in [6, 6.07) is 5.71. The van der Waals surface area contributed by atoms with Gasteiger partial charge in [0.25, 0.3) is 0 Å². The number of aryl methyl sites for hydroxylation is 1. The molecule has 7 heteroatoms. The van der Waals surface area contributed by atoms with Crippen LogP contribution in [0.4, 0.5) is 5.69 Å². The first-order valence-electron chi connectivity index (χ1n) is 10.2. The van der Waals surface area contributed by atoms with E-state index in [9.17, 15) is 14.7 Å². The third kappa shape index (κ3) is 5.69. The molecule has 28 heavy (non-hydrogen) atoms. The largest absolute Gasteiger partial charge is 0.494 e. The van der Waals surface area contributed by atoms with Crippen LogP contribution < -0.4 is 10.1 Å². The van der Waals surface area contributed by atoms with Gasteiger partial charge in [0.05, 0.1) is 13.2 Å². The fraction of sp³-hybridized carbons (Fsp3) is 0.619. The molecule has 7 nitrogen and oxygen atoms in total. The van der Waals surface area contributed by atoms with Gasteiger partial charge < -0.3 is 24.8 Å². The topological polar surface area (TPSA) is 88.1 Å². The predicted octanol–water partition coefficient (Wildman–Crippen LogP) is 2.47. The minimum atomic E-state index is -0.194. The highest BCUT2D eigenvalue weighted by Crippen LogP contribution is 2.27. The van der Waals surface area contributed by atoms with Crippen molar-refractivity contribution in [3.8, 4) is 5.75 Å². The van der Waals surface area contributed by atoms with E-state index in [1.807, 2.05) is 18.2 Å². The molecule has 2 aliphatic rings. The van der Waals surface area contributed by atoms with Crippen molar-refractivity contribution in [2.75, 3.05) is 31.7 Å². The number of nitrogens with one attached hydrogen (secondary N) is 1. The zero-order valence-electron chi connectivity index (χ0n) is 16.3. The number of aliphatic hydroxyl groups is 1. The summed E-state index contributed by atoms with van der Waals surface area (Å²) in [5, 5.41) is 12.1. The van der Waals surface area contributed by atoms with Crippen LogP contribution in [0.5, 0.6) is 5.75 Å². The maximum atomic E-state index is 12.5. The molecule has 1 atom stereocenters. The molecule has 2 amide bonds. The number of carbonyl (C=O) groups is 2. The molecule has 2 heterocycles. The van der Waals surface area contributed by atoms with Gasteiger partial charge in [-0.15, -0.1) is 0 Å². The molecular weight excluding hydrogens is 360 g/mol. The van der Waals surface area contributed by atoms with E-state index in [1.165, 1.54) is 0 Å². The second-order valence-corrected chi connectivity index (χ2v) is 7.30. The van der Waals surface area contributed by atoms with E-state index in [1.54, 1.807) is 4.90 Å². The number of hydrogen-bond donors (Lipinski definition) is 2.